The van der Waals surface area contributed by atoms with E-state index in [-0.39, 0.29) is 5.91 Å². The molecule has 0 saturated heterocycles. The molecule has 0 aromatic rings. The van der Waals surface area contributed by atoms with E-state index in [1.807, 2.05) is 12.4 Å². The zero-order chi connectivity index (χ0) is 14.3. The van der Waals surface area contributed by atoms with E-state index < -0.39 is 6.17 Å². The first-order valence-electron chi connectivity index (χ1n) is 7.91. The van der Waals surface area contributed by atoms with Gasteiger partial charge in [-0.2, -0.15) is 0 Å². The van der Waals surface area contributed by atoms with Crippen molar-refractivity contribution in [3.8, 4) is 0 Å². The Kier molecular flexibility index (Phi) is 13.4. The van der Waals surface area contributed by atoms with Crippen molar-refractivity contribution in [3.05, 3.63) is 5.21 Å². The van der Waals surface area contributed by atoms with Crippen LogP contribution in [0.15, 0.2) is 0 Å². The second-order valence-corrected chi connectivity index (χ2v) is 5.22. The molecular formula is C15H31N2O2-. The van der Waals surface area contributed by atoms with E-state index >= 15 is 0 Å². The van der Waals surface area contributed by atoms with E-state index in [0.29, 0.717) is 12.8 Å². The van der Waals surface area contributed by atoms with Crippen molar-refractivity contribution in [2.24, 2.45) is 0 Å². The van der Waals surface area contributed by atoms with Gasteiger partial charge in [-0.1, -0.05) is 65.2 Å². The maximum atomic E-state index is 11.5. The van der Waals surface area contributed by atoms with Crippen LogP contribution in [-0.2, 0) is 4.79 Å². The summed E-state index contributed by atoms with van der Waals surface area (Å²) in [5.74, 6) is -0.0156. The molecule has 0 aromatic heterocycles. The monoisotopic (exact) mass is 271 g/mol. The molecule has 4 nitrogen and oxygen atoms in total. The third-order valence-electron chi connectivity index (χ3n) is 3.39. The van der Waals surface area contributed by atoms with Crippen molar-refractivity contribution < 1.29 is 4.79 Å². The summed E-state index contributed by atoms with van der Waals surface area (Å²) >= 11 is 0. The van der Waals surface area contributed by atoms with Crippen LogP contribution in [0.1, 0.15) is 84.5 Å². The van der Waals surface area contributed by atoms with Gasteiger partial charge in [-0.25, -0.2) is 0 Å². The molecule has 1 atom stereocenters. The molecule has 0 saturated carbocycles. The van der Waals surface area contributed by atoms with Gasteiger partial charge in [-0.3, -0.25) is 4.79 Å². The van der Waals surface area contributed by atoms with Crippen LogP contribution in [0.4, 0.5) is 0 Å². The summed E-state index contributed by atoms with van der Waals surface area (Å²) in [6.07, 6.45) is 12.0. The Bertz CT molecular complexity index is 206. The summed E-state index contributed by atoms with van der Waals surface area (Å²) in [5, 5.41) is 13.1. The minimum Gasteiger partial charge on any atom is -0.786 e. The highest BCUT2D eigenvalue weighted by Crippen LogP contribution is 2.10. The molecule has 1 unspecified atom stereocenters. The molecule has 0 spiro atoms. The van der Waals surface area contributed by atoms with Gasteiger partial charge in [0.25, 0.3) is 0 Å². The van der Waals surface area contributed by atoms with Crippen LogP contribution < -0.4 is 10.8 Å². The lowest BCUT2D eigenvalue weighted by molar-refractivity contribution is -0.122. The minimum atomic E-state index is -0.425. The van der Waals surface area contributed by atoms with Gasteiger partial charge >= 0.3 is 0 Å². The van der Waals surface area contributed by atoms with Crippen molar-refractivity contribution in [2.45, 2.75) is 90.6 Å². The number of nitrogens with one attached hydrogen (secondary N) is 2. The van der Waals surface area contributed by atoms with Crippen molar-refractivity contribution in [1.82, 2.24) is 10.8 Å². The van der Waals surface area contributed by atoms with E-state index in [0.717, 1.165) is 12.8 Å². The number of amides is 1. The highest BCUT2D eigenvalue weighted by atomic mass is 16.5. The fourth-order valence-corrected chi connectivity index (χ4v) is 2.08. The molecule has 0 rings (SSSR count). The van der Waals surface area contributed by atoms with E-state index in [1.165, 1.54) is 44.9 Å². The summed E-state index contributed by atoms with van der Waals surface area (Å²) in [5.41, 5.74) is 1.84. The Labute approximate surface area is 118 Å². The number of rotatable bonds is 13. The molecule has 0 heterocycles. The number of hydroxylamine groups is 1. The van der Waals surface area contributed by atoms with Gasteiger partial charge < -0.3 is 16.0 Å². The van der Waals surface area contributed by atoms with E-state index in [9.17, 15) is 10.0 Å². The van der Waals surface area contributed by atoms with Gasteiger partial charge in [0, 0.05) is 6.42 Å². The van der Waals surface area contributed by atoms with Gasteiger partial charge in [0.1, 0.15) is 0 Å². The van der Waals surface area contributed by atoms with E-state index in [1.54, 1.807) is 0 Å². The van der Waals surface area contributed by atoms with Crippen LogP contribution in [0, 0.1) is 5.21 Å². The predicted octanol–water partition coefficient (Wildman–Crippen LogP) is 3.85. The minimum absolute atomic E-state index is 0.0156. The van der Waals surface area contributed by atoms with Crippen LogP contribution in [0.25, 0.3) is 0 Å². The normalized spacial score (nSPS) is 12.4. The second kappa shape index (κ2) is 13.8. The fraction of sp³-hybridized carbons (Fsp3) is 0.933. The smallest absolute Gasteiger partial charge is 0.221 e. The molecular weight excluding hydrogens is 240 g/mol. The summed E-state index contributed by atoms with van der Waals surface area (Å²) in [6, 6.07) is 0. The number of carbonyl (C=O) groups excluding carboxylic acids is 1. The number of hydrogen-bond donors (Lipinski definition) is 2. The van der Waals surface area contributed by atoms with E-state index in [4.69, 9.17) is 0 Å². The summed E-state index contributed by atoms with van der Waals surface area (Å²) in [4.78, 5) is 11.5. The zero-order valence-electron chi connectivity index (χ0n) is 12.7. The number of unbranched alkanes of at least 4 members (excludes halogenated alkanes) is 8. The van der Waals surface area contributed by atoms with Crippen molar-refractivity contribution >= 4 is 5.91 Å². The summed E-state index contributed by atoms with van der Waals surface area (Å²) < 4.78 is 0. The van der Waals surface area contributed by atoms with E-state index in [2.05, 4.69) is 12.2 Å². The van der Waals surface area contributed by atoms with Gasteiger partial charge in [-0.15, -0.1) is 0 Å². The van der Waals surface area contributed by atoms with Crippen molar-refractivity contribution in [3.63, 3.8) is 0 Å². The summed E-state index contributed by atoms with van der Waals surface area (Å²) in [7, 11) is 0. The molecule has 1 amide bonds. The Balaban J connectivity index is 3.27. The second-order valence-electron chi connectivity index (χ2n) is 5.22. The number of carbonyl (C=O) groups is 1. The van der Waals surface area contributed by atoms with Gasteiger partial charge in [0.05, 0.1) is 6.17 Å². The van der Waals surface area contributed by atoms with Crippen LogP contribution in [-0.4, -0.2) is 12.1 Å². The molecule has 0 fully saturated rings. The molecule has 0 aromatic carbocycles. The molecule has 0 radical (unpaired) electrons. The molecule has 114 valence electrons. The lowest BCUT2D eigenvalue weighted by Crippen LogP contribution is -2.42. The zero-order valence-corrected chi connectivity index (χ0v) is 12.7. The largest absolute Gasteiger partial charge is 0.786 e. The quantitative estimate of drug-likeness (QED) is 0.304. The Hall–Kier alpha value is -0.610. The topological polar surface area (TPSA) is 64.2 Å². The molecule has 4 heteroatoms. The molecule has 0 aliphatic heterocycles. The Morgan fingerprint density at radius 1 is 0.947 bits per heavy atom. The maximum Gasteiger partial charge on any atom is 0.221 e. The summed E-state index contributed by atoms with van der Waals surface area (Å²) in [6.45, 7) is 4.10. The average Bonchev–Trinajstić information content (AvgIpc) is 2.43. The Morgan fingerprint density at radius 2 is 1.47 bits per heavy atom. The van der Waals surface area contributed by atoms with Gasteiger partial charge in [0.15, 0.2) is 0 Å². The molecule has 2 N–H and O–H groups in total. The van der Waals surface area contributed by atoms with Crippen LogP contribution in [0.2, 0.25) is 0 Å². The van der Waals surface area contributed by atoms with Crippen LogP contribution in [0.3, 0.4) is 0 Å². The highest BCUT2D eigenvalue weighted by Gasteiger charge is 2.05. The SMILES string of the molecule is CCCCCCCCCCCC(=O)NC(CC)N[O-]. The van der Waals surface area contributed by atoms with Gasteiger partial charge in [-0.05, 0) is 12.8 Å². The molecule has 0 aliphatic carbocycles. The van der Waals surface area contributed by atoms with Crippen LogP contribution >= 0.6 is 0 Å². The Morgan fingerprint density at radius 3 is 1.95 bits per heavy atom. The predicted molar refractivity (Wildman–Crippen MR) is 80.6 cm³/mol. The third kappa shape index (κ3) is 12.2. The lowest BCUT2D eigenvalue weighted by atomic mass is 10.1. The molecule has 0 aliphatic rings. The third-order valence-corrected chi connectivity index (χ3v) is 3.39. The maximum absolute atomic E-state index is 11.5. The average molecular weight is 271 g/mol. The van der Waals surface area contributed by atoms with Gasteiger partial charge in [0.2, 0.25) is 5.91 Å². The lowest BCUT2D eigenvalue weighted by Gasteiger charge is -2.21. The molecule has 19 heavy (non-hydrogen) atoms. The first-order chi connectivity index (χ1) is 9.24. The number of hydrogen-bond acceptors (Lipinski definition) is 3. The van der Waals surface area contributed by atoms with Crippen molar-refractivity contribution in [2.75, 3.05) is 0 Å². The standard InChI is InChI=1S/C15H31N2O2/c1-3-5-6-7-8-9-10-11-12-13-15(18)16-14(4-2)17-19/h14,17H,3-13H2,1-2H3,(H,16,18)/q-1. The first kappa shape index (κ1) is 18.4. The van der Waals surface area contributed by atoms with Crippen LogP contribution in [0.5, 0.6) is 0 Å². The highest BCUT2D eigenvalue weighted by molar-refractivity contribution is 5.76. The first-order valence-corrected chi connectivity index (χ1v) is 7.91. The fourth-order valence-electron chi connectivity index (χ4n) is 2.08. The molecule has 0 bridgehead atoms. The van der Waals surface area contributed by atoms with Crippen molar-refractivity contribution in [1.29, 1.82) is 0 Å².